The fraction of sp³-hybridized carbons (Fsp3) is 0.115. The summed E-state index contributed by atoms with van der Waals surface area (Å²) in [5.41, 5.74) is 2.58. The molecule has 1 aliphatic rings. The predicted molar refractivity (Wildman–Crippen MR) is 131 cm³/mol. The topological polar surface area (TPSA) is 91.7 Å². The van der Waals surface area contributed by atoms with Gasteiger partial charge in [-0.1, -0.05) is 36.4 Å². The average molecular weight is 518 g/mol. The first-order valence-electron chi connectivity index (χ1n) is 10.5. The summed E-state index contributed by atoms with van der Waals surface area (Å²) in [4.78, 5) is 26.4. The SMILES string of the molecule is CCOc1cc(/C=C2\NC(=O)N(c3ccccc3)C2=O)cc(Br)c1OCc1ccccc1C#N. The average Bonchev–Trinajstić information content (AvgIpc) is 3.12. The molecule has 3 aromatic rings. The van der Waals surface area contributed by atoms with Crippen LogP contribution in [0, 0.1) is 11.3 Å². The number of imide groups is 1. The van der Waals surface area contributed by atoms with Crippen LogP contribution in [0.25, 0.3) is 6.08 Å². The molecule has 1 heterocycles. The zero-order chi connectivity index (χ0) is 24.1. The van der Waals surface area contributed by atoms with Gasteiger partial charge in [-0.3, -0.25) is 4.79 Å². The van der Waals surface area contributed by atoms with Crippen molar-refractivity contribution in [2.75, 3.05) is 11.5 Å². The van der Waals surface area contributed by atoms with E-state index in [1.165, 1.54) is 0 Å². The molecule has 34 heavy (non-hydrogen) atoms. The number of nitrogens with one attached hydrogen (secondary N) is 1. The van der Waals surface area contributed by atoms with Gasteiger partial charge in [-0.25, -0.2) is 9.69 Å². The van der Waals surface area contributed by atoms with Crippen molar-refractivity contribution in [1.29, 1.82) is 5.26 Å². The number of benzene rings is 3. The molecule has 170 valence electrons. The van der Waals surface area contributed by atoms with E-state index in [-0.39, 0.29) is 12.3 Å². The van der Waals surface area contributed by atoms with Crippen molar-refractivity contribution in [2.45, 2.75) is 13.5 Å². The van der Waals surface area contributed by atoms with Gasteiger partial charge in [0, 0.05) is 5.56 Å². The molecule has 0 atom stereocenters. The summed E-state index contributed by atoms with van der Waals surface area (Å²) in [5, 5.41) is 11.9. The third kappa shape index (κ3) is 4.80. The van der Waals surface area contributed by atoms with Gasteiger partial charge in [-0.05, 0) is 64.8 Å². The zero-order valence-corrected chi connectivity index (χ0v) is 19.8. The Hall–Kier alpha value is -4.09. The van der Waals surface area contributed by atoms with Crippen LogP contribution in [-0.4, -0.2) is 18.5 Å². The van der Waals surface area contributed by atoms with Gasteiger partial charge in [0.2, 0.25) is 0 Å². The highest BCUT2D eigenvalue weighted by Gasteiger charge is 2.34. The van der Waals surface area contributed by atoms with Crippen LogP contribution in [0.1, 0.15) is 23.6 Å². The number of nitriles is 1. The summed E-state index contributed by atoms with van der Waals surface area (Å²) in [7, 11) is 0. The molecule has 1 aliphatic heterocycles. The number of amides is 3. The number of anilines is 1. The number of hydrogen-bond donors (Lipinski definition) is 1. The number of carbonyl (C=O) groups excluding carboxylic acids is 2. The molecule has 4 rings (SSSR count). The first-order chi connectivity index (χ1) is 16.5. The second kappa shape index (κ2) is 10.2. The lowest BCUT2D eigenvalue weighted by molar-refractivity contribution is -0.113. The summed E-state index contributed by atoms with van der Waals surface area (Å²) in [6.07, 6.45) is 1.59. The lowest BCUT2D eigenvalue weighted by atomic mass is 10.1. The molecule has 0 radical (unpaired) electrons. The maximum atomic E-state index is 12.9. The molecule has 0 bridgehead atoms. The van der Waals surface area contributed by atoms with E-state index in [2.05, 4.69) is 27.3 Å². The largest absolute Gasteiger partial charge is 0.490 e. The minimum atomic E-state index is -0.511. The van der Waals surface area contributed by atoms with Crippen molar-refractivity contribution in [3.05, 3.63) is 93.6 Å². The van der Waals surface area contributed by atoms with Crippen LogP contribution in [0.2, 0.25) is 0 Å². The summed E-state index contributed by atoms with van der Waals surface area (Å²) in [6, 6.07) is 21.1. The van der Waals surface area contributed by atoms with E-state index in [0.717, 1.165) is 10.5 Å². The number of nitrogens with zero attached hydrogens (tertiary/aromatic N) is 2. The van der Waals surface area contributed by atoms with Crippen molar-refractivity contribution in [2.24, 2.45) is 0 Å². The highest BCUT2D eigenvalue weighted by Crippen LogP contribution is 2.38. The van der Waals surface area contributed by atoms with Crippen LogP contribution in [0.3, 0.4) is 0 Å². The summed E-state index contributed by atoms with van der Waals surface area (Å²) < 4.78 is 12.4. The number of ether oxygens (including phenoxy) is 2. The highest BCUT2D eigenvalue weighted by atomic mass is 79.9. The number of para-hydroxylation sites is 1. The molecular weight excluding hydrogens is 498 g/mol. The zero-order valence-electron chi connectivity index (χ0n) is 18.2. The summed E-state index contributed by atoms with van der Waals surface area (Å²) in [6.45, 7) is 2.44. The third-order valence-corrected chi connectivity index (χ3v) is 5.63. The Labute approximate surface area is 205 Å². The summed E-state index contributed by atoms with van der Waals surface area (Å²) >= 11 is 3.52. The molecule has 3 aromatic carbocycles. The number of hydrogen-bond acceptors (Lipinski definition) is 5. The van der Waals surface area contributed by atoms with E-state index in [1.807, 2.05) is 25.1 Å². The Kier molecular flexibility index (Phi) is 6.95. The van der Waals surface area contributed by atoms with Gasteiger partial charge in [-0.15, -0.1) is 0 Å². The fourth-order valence-corrected chi connectivity index (χ4v) is 4.07. The molecule has 3 amide bonds. The number of halogens is 1. The van der Waals surface area contributed by atoms with E-state index < -0.39 is 11.9 Å². The van der Waals surface area contributed by atoms with Gasteiger partial charge in [0.15, 0.2) is 11.5 Å². The van der Waals surface area contributed by atoms with Gasteiger partial charge >= 0.3 is 6.03 Å². The van der Waals surface area contributed by atoms with Crippen LogP contribution in [-0.2, 0) is 11.4 Å². The smallest absolute Gasteiger partial charge is 0.333 e. The Balaban J connectivity index is 1.61. The van der Waals surface area contributed by atoms with Crippen molar-refractivity contribution in [1.82, 2.24) is 5.32 Å². The molecule has 8 heteroatoms. The van der Waals surface area contributed by atoms with Crippen LogP contribution < -0.4 is 19.7 Å². The number of rotatable bonds is 7. The fourth-order valence-electron chi connectivity index (χ4n) is 3.49. The van der Waals surface area contributed by atoms with Gasteiger partial charge in [-0.2, -0.15) is 5.26 Å². The molecular formula is C26H20BrN3O4. The second-order valence-corrected chi connectivity index (χ2v) is 8.14. The second-order valence-electron chi connectivity index (χ2n) is 7.28. The minimum Gasteiger partial charge on any atom is -0.490 e. The molecule has 0 spiro atoms. The van der Waals surface area contributed by atoms with Crippen LogP contribution in [0.5, 0.6) is 11.5 Å². The number of urea groups is 1. The Bertz CT molecular complexity index is 1320. The minimum absolute atomic E-state index is 0.153. The monoisotopic (exact) mass is 517 g/mol. The molecule has 1 saturated heterocycles. The molecule has 0 aromatic heterocycles. The normalized spacial score (nSPS) is 14.1. The van der Waals surface area contributed by atoms with E-state index in [1.54, 1.807) is 54.6 Å². The predicted octanol–water partition coefficient (Wildman–Crippen LogP) is 5.40. The first kappa shape index (κ1) is 23.1. The van der Waals surface area contributed by atoms with Gasteiger partial charge in [0.25, 0.3) is 5.91 Å². The molecule has 1 N–H and O–H groups in total. The summed E-state index contributed by atoms with van der Waals surface area (Å²) in [5.74, 6) is 0.498. The first-order valence-corrected chi connectivity index (χ1v) is 11.3. The lowest BCUT2D eigenvalue weighted by Crippen LogP contribution is -2.30. The molecule has 7 nitrogen and oxygen atoms in total. The molecule has 1 fully saturated rings. The maximum absolute atomic E-state index is 12.9. The van der Waals surface area contributed by atoms with E-state index >= 15 is 0 Å². The van der Waals surface area contributed by atoms with Gasteiger partial charge < -0.3 is 14.8 Å². The van der Waals surface area contributed by atoms with Crippen LogP contribution in [0.15, 0.2) is 76.9 Å². The van der Waals surface area contributed by atoms with Crippen LogP contribution >= 0.6 is 15.9 Å². The Morgan fingerprint density at radius 1 is 1.06 bits per heavy atom. The number of carbonyl (C=O) groups is 2. The molecule has 0 saturated carbocycles. The van der Waals surface area contributed by atoms with Crippen molar-refractivity contribution >= 4 is 39.6 Å². The highest BCUT2D eigenvalue weighted by molar-refractivity contribution is 9.10. The van der Waals surface area contributed by atoms with Gasteiger partial charge in [0.05, 0.1) is 28.4 Å². The van der Waals surface area contributed by atoms with Gasteiger partial charge in [0.1, 0.15) is 12.3 Å². The Morgan fingerprint density at radius 2 is 1.79 bits per heavy atom. The lowest BCUT2D eigenvalue weighted by Gasteiger charge is -2.15. The van der Waals surface area contributed by atoms with E-state index in [4.69, 9.17) is 9.47 Å². The van der Waals surface area contributed by atoms with Crippen LogP contribution in [0.4, 0.5) is 10.5 Å². The van der Waals surface area contributed by atoms with Crippen molar-refractivity contribution < 1.29 is 19.1 Å². The van der Waals surface area contributed by atoms with E-state index in [9.17, 15) is 14.9 Å². The van der Waals surface area contributed by atoms with Crippen molar-refractivity contribution in [3.63, 3.8) is 0 Å². The molecule has 0 aliphatic carbocycles. The quantitative estimate of drug-likeness (QED) is 0.334. The maximum Gasteiger partial charge on any atom is 0.333 e. The third-order valence-electron chi connectivity index (χ3n) is 5.05. The van der Waals surface area contributed by atoms with E-state index in [0.29, 0.717) is 39.4 Å². The molecule has 0 unspecified atom stereocenters. The Morgan fingerprint density at radius 3 is 2.53 bits per heavy atom. The van der Waals surface area contributed by atoms with Crippen molar-refractivity contribution in [3.8, 4) is 17.6 Å². The standard InChI is InChI=1S/C26H20BrN3O4/c1-2-33-23-14-17(12-21(27)24(23)34-16-19-9-7-6-8-18(19)15-28)13-22-25(31)30(26(32)29-22)20-10-4-3-5-11-20/h3-14H,2,16H2,1H3,(H,29,32)/b22-13-.